The van der Waals surface area contributed by atoms with E-state index in [1.54, 1.807) is 31.2 Å². The van der Waals surface area contributed by atoms with E-state index in [4.69, 9.17) is 4.74 Å². The van der Waals surface area contributed by atoms with Crippen molar-refractivity contribution in [3.63, 3.8) is 0 Å². The summed E-state index contributed by atoms with van der Waals surface area (Å²) in [6.07, 6.45) is 3.63. The number of ether oxygens (including phenoxy) is 1. The van der Waals surface area contributed by atoms with Crippen LogP contribution in [-0.4, -0.2) is 41.9 Å². The Morgan fingerprint density at radius 1 is 1.19 bits per heavy atom. The Bertz CT molecular complexity index is 1030. The zero-order chi connectivity index (χ0) is 22.0. The van der Waals surface area contributed by atoms with E-state index in [1.807, 2.05) is 6.07 Å². The average Bonchev–Trinajstić information content (AvgIpc) is 3.26. The van der Waals surface area contributed by atoms with Gasteiger partial charge in [0.1, 0.15) is 17.6 Å². The maximum atomic E-state index is 12.7. The third kappa shape index (κ3) is 4.18. The molecule has 1 saturated heterocycles. The number of nitrogens with one attached hydrogen (secondary N) is 2. The number of amides is 4. The molecule has 4 amide bonds. The van der Waals surface area contributed by atoms with Gasteiger partial charge in [-0.05, 0) is 43.7 Å². The molecule has 1 aliphatic heterocycles. The Hall–Kier alpha value is -3.20. The summed E-state index contributed by atoms with van der Waals surface area (Å²) in [6, 6.07) is 7.43. The van der Waals surface area contributed by atoms with E-state index in [0.717, 1.165) is 41.0 Å². The van der Waals surface area contributed by atoms with Crippen LogP contribution in [0.5, 0.6) is 0 Å². The number of anilines is 1. The molecule has 1 atom stereocenters. The van der Waals surface area contributed by atoms with Gasteiger partial charge in [0.25, 0.3) is 5.91 Å². The van der Waals surface area contributed by atoms with E-state index >= 15 is 0 Å². The summed E-state index contributed by atoms with van der Waals surface area (Å²) >= 11 is 1.36. The van der Waals surface area contributed by atoms with Gasteiger partial charge in [0.05, 0.1) is 12.2 Å². The average molecular weight is 442 g/mol. The van der Waals surface area contributed by atoms with E-state index in [1.165, 1.54) is 11.3 Å². The Balaban J connectivity index is 1.50. The number of fused-ring (bicyclic) bond motifs is 1. The first-order chi connectivity index (χ1) is 15.0. The number of esters is 1. The van der Waals surface area contributed by atoms with Crippen LogP contribution in [0, 0.1) is 0 Å². The topological polar surface area (TPSA) is 105 Å². The third-order valence-corrected chi connectivity index (χ3v) is 6.57. The second-order valence-electron chi connectivity index (χ2n) is 7.40. The van der Waals surface area contributed by atoms with Crippen molar-refractivity contribution in [2.45, 2.75) is 38.6 Å². The number of carbonyl (C=O) groups is 4. The molecule has 2 aromatic rings. The number of aryl methyl sites for hydroxylation is 1. The highest BCUT2D eigenvalue weighted by atomic mass is 32.1. The molecule has 1 unspecified atom stereocenters. The molecule has 8 nitrogen and oxygen atoms in total. The van der Waals surface area contributed by atoms with Gasteiger partial charge >= 0.3 is 12.0 Å². The van der Waals surface area contributed by atoms with Crippen LogP contribution >= 0.6 is 11.3 Å². The molecule has 1 aromatic heterocycles. The van der Waals surface area contributed by atoms with Crippen molar-refractivity contribution >= 4 is 40.2 Å². The van der Waals surface area contributed by atoms with Crippen LogP contribution in [0.4, 0.5) is 9.80 Å². The number of hydrogen-bond acceptors (Lipinski definition) is 6. The number of carbonyl (C=O) groups excluding carboxylic acids is 4. The molecule has 1 aromatic carbocycles. The third-order valence-electron chi connectivity index (χ3n) is 5.36. The Kier molecular flexibility index (Phi) is 6.03. The van der Waals surface area contributed by atoms with Gasteiger partial charge in [0, 0.05) is 4.88 Å². The second kappa shape index (κ2) is 8.89. The normalized spacial score (nSPS) is 17.8. The minimum absolute atomic E-state index is 0.236. The first-order valence-electron chi connectivity index (χ1n) is 10.3. The lowest BCUT2D eigenvalue weighted by molar-refractivity contribution is -0.130. The summed E-state index contributed by atoms with van der Waals surface area (Å²) in [5.74, 6) is -1.49. The highest BCUT2D eigenvalue weighted by Crippen LogP contribution is 2.38. The number of benzene rings is 1. The molecule has 2 aliphatic rings. The minimum atomic E-state index is -0.814. The van der Waals surface area contributed by atoms with Crippen LogP contribution < -0.4 is 10.6 Å². The van der Waals surface area contributed by atoms with Crippen LogP contribution in [0.25, 0.3) is 0 Å². The maximum absolute atomic E-state index is 12.7. The number of thiophene rings is 1. The molecular formula is C22H23N3O5S. The van der Waals surface area contributed by atoms with Gasteiger partial charge in [0.15, 0.2) is 0 Å². The van der Waals surface area contributed by atoms with Gasteiger partial charge < -0.3 is 15.4 Å². The molecule has 0 saturated carbocycles. The monoisotopic (exact) mass is 441 g/mol. The maximum Gasteiger partial charge on any atom is 0.341 e. The van der Waals surface area contributed by atoms with E-state index in [9.17, 15) is 19.2 Å². The molecular weight excluding hydrogens is 418 g/mol. The van der Waals surface area contributed by atoms with Crippen molar-refractivity contribution in [1.29, 1.82) is 0 Å². The van der Waals surface area contributed by atoms with Crippen molar-refractivity contribution in [3.05, 3.63) is 51.9 Å². The molecule has 0 bridgehead atoms. The van der Waals surface area contributed by atoms with Crippen LogP contribution in [0.3, 0.4) is 0 Å². The quantitative estimate of drug-likeness (QED) is 0.530. The number of imide groups is 1. The zero-order valence-corrected chi connectivity index (χ0v) is 17.9. The first kappa shape index (κ1) is 21.0. The lowest BCUT2D eigenvalue weighted by Crippen LogP contribution is -2.38. The smallest absolute Gasteiger partial charge is 0.341 e. The van der Waals surface area contributed by atoms with Crippen LogP contribution in [0.1, 0.15) is 52.2 Å². The molecule has 0 spiro atoms. The van der Waals surface area contributed by atoms with Crippen molar-refractivity contribution in [2.24, 2.45) is 0 Å². The summed E-state index contributed by atoms with van der Waals surface area (Å²) < 4.78 is 5.19. The van der Waals surface area contributed by atoms with Gasteiger partial charge in [0.2, 0.25) is 5.91 Å². The largest absolute Gasteiger partial charge is 0.462 e. The molecule has 2 N–H and O–H groups in total. The standard InChI is InChI=1S/C22H23N3O5S/c1-2-30-21(28)17-14-10-6-7-11-15(14)31-19(17)23-16(26)12-25-20(27)18(24-22(25)29)13-8-4-3-5-9-13/h3-5,8-9,18H,2,6-7,10-12H2,1H3,(H,23,26)(H,24,29). The van der Waals surface area contributed by atoms with E-state index in [-0.39, 0.29) is 6.61 Å². The predicted molar refractivity (Wildman–Crippen MR) is 115 cm³/mol. The molecule has 1 fully saturated rings. The minimum Gasteiger partial charge on any atom is -0.462 e. The first-order valence-corrected chi connectivity index (χ1v) is 11.1. The molecule has 0 radical (unpaired) electrons. The molecule has 9 heteroatoms. The summed E-state index contributed by atoms with van der Waals surface area (Å²) in [5, 5.41) is 5.76. The van der Waals surface area contributed by atoms with Crippen LogP contribution in [0.2, 0.25) is 0 Å². The van der Waals surface area contributed by atoms with E-state index in [0.29, 0.717) is 16.1 Å². The fourth-order valence-corrected chi connectivity index (χ4v) is 5.22. The van der Waals surface area contributed by atoms with Crippen molar-refractivity contribution in [2.75, 3.05) is 18.5 Å². The van der Waals surface area contributed by atoms with E-state index < -0.39 is 36.4 Å². The molecule has 4 rings (SSSR count). The Morgan fingerprint density at radius 2 is 1.94 bits per heavy atom. The summed E-state index contributed by atoms with van der Waals surface area (Å²) in [6.45, 7) is 1.54. The van der Waals surface area contributed by atoms with Crippen LogP contribution in [0.15, 0.2) is 30.3 Å². The summed E-state index contributed by atoms with van der Waals surface area (Å²) in [5.41, 5.74) is 1.98. The predicted octanol–water partition coefficient (Wildman–Crippen LogP) is 3.04. The van der Waals surface area contributed by atoms with Gasteiger partial charge in [-0.15, -0.1) is 11.3 Å². The molecule has 2 heterocycles. The fourth-order valence-electron chi connectivity index (χ4n) is 3.92. The summed E-state index contributed by atoms with van der Waals surface area (Å²) in [4.78, 5) is 52.3. The van der Waals surface area contributed by atoms with Crippen molar-refractivity contribution in [1.82, 2.24) is 10.2 Å². The van der Waals surface area contributed by atoms with Gasteiger partial charge in [-0.2, -0.15) is 0 Å². The van der Waals surface area contributed by atoms with Gasteiger partial charge in [-0.3, -0.25) is 14.5 Å². The highest BCUT2D eigenvalue weighted by Gasteiger charge is 2.40. The van der Waals surface area contributed by atoms with Gasteiger partial charge in [-0.25, -0.2) is 9.59 Å². The number of nitrogens with zero attached hydrogens (tertiary/aromatic N) is 1. The van der Waals surface area contributed by atoms with Crippen molar-refractivity contribution < 1.29 is 23.9 Å². The number of rotatable bonds is 6. The SMILES string of the molecule is CCOC(=O)c1c(NC(=O)CN2C(=O)NC(c3ccccc3)C2=O)sc2c1CCCC2. The van der Waals surface area contributed by atoms with Crippen LogP contribution in [-0.2, 0) is 27.2 Å². The lowest BCUT2D eigenvalue weighted by atomic mass is 9.95. The Morgan fingerprint density at radius 3 is 2.68 bits per heavy atom. The highest BCUT2D eigenvalue weighted by molar-refractivity contribution is 7.17. The molecule has 31 heavy (non-hydrogen) atoms. The summed E-state index contributed by atoms with van der Waals surface area (Å²) in [7, 11) is 0. The lowest BCUT2D eigenvalue weighted by Gasteiger charge is -2.14. The van der Waals surface area contributed by atoms with Crippen molar-refractivity contribution in [3.8, 4) is 0 Å². The molecule has 1 aliphatic carbocycles. The zero-order valence-electron chi connectivity index (χ0n) is 17.1. The molecule has 162 valence electrons. The number of urea groups is 1. The Labute approximate surface area is 183 Å². The van der Waals surface area contributed by atoms with E-state index in [2.05, 4.69) is 10.6 Å². The van der Waals surface area contributed by atoms with Gasteiger partial charge in [-0.1, -0.05) is 30.3 Å². The second-order valence-corrected chi connectivity index (χ2v) is 8.51. The number of hydrogen-bond donors (Lipinski definition) is 2. The fraction of sp³-hybridized carbons (Fsp3) is 0.364.